The van der Waals surface area contributed by atoms with Crippen molar-refractivity contribution >= 4 is 17.3 Å². The van der Waals surface area contributed by atoms with Gasteiger partial charge >= 0.3 is 0 Å². The maximum Gasteiger partial charge on any atom is 0.0541 e. The van der Waals surface area contributed by atoms with Gasteiger partial charge < -0.3 is 0 Å². The van der Waals surface area contributed by atoms with Crippen LogP contribution in [0, 0.1) is 0 Å². The van der Waals surface area contributed by atoms with Crippen LogP contribution >= 0.6 is 11.6 Å². The summed E-state index contributed by atoms with van der Waals surface area (Å²) in [5, 5.41) is 0.531. The van der Waals surface area contributed by atoms with Crippen molar-refractivity contribution in [2.75, 3.05) is 0 Å². The monoisotopic (exact) mass is 145 g/mol. The summed E-state index contributed by atoms with van der Waals surface area (Å²) in [5.41, 5.74) is 0.826. The molecule has 2 heteroatoms. The van der Waals surface area contributed by atoms with Crippen molar-refractivity contribution in [1.29, 1.82) is 0 Å². The zero-order valence-electron chi connectivity index (χ0n) is 6.11. The summed E-state index contributed by atoms with van der Waals surface area (Å²) in [6.45, 7) is 9.41. The highest BCUT2D eigenvalue weighted by Crippen LogP contribution is 2.01. The Morgan fingerprint density at radius 2 is 2.00 bits per heavy atom. The van der Waals surface area contributed by atoms with E-state index in [1.165, 1.54) is 0 Å². The van der Waals surface area contributed by atoms with Crippen LogP contribution in [0.15, 0.2) is 16.6 Å². The first-order valence-electron chi connectivity index (χ1n) is 2.93. The number of nitrogens with zero attached hydrogens (tertiary/aromatic N) is 1. The smallest absolute Gasteiger partial charge is 0.0541 e. The molecule has 0 aromatic carbocycles. The van der Waals surface area contributed by atoms with Crippen molar-refractivity contribution in [2.24, 2.45) is 4.99 Å². The van der Waals surface area contributed by atoms with E-state index in [2.05, 4.69) is 11.6 Å². The van der Waals surface area contributed by atoms with Gasteiger partial charge in [-0.2, -0.15) is 0 Å². The lowest BCUT2D eigenvalue weighted by molar-refractivity contribution is 0.836. The van der Waals surface area contributed by atoms with Gasteiger partial charge in [-0.1, -0.05) is 18.2 Å². The molecule has 0 heterocycles. The maximum atomic E-state index is 5.55. The molecule has 0 aliphatic rings. The molecule has 1 nitrogen and oxygen atoms in total. The molecule has 0 amide bonds. The van der Waals surface area contributed by atoms with Crippen LogP contribution in [0.2, 0.25) is 0 Å². The number of rotatable bonds is 2. The van der Waals surface area contributed by atoms with Crippen molar-refractivity contribution in [2.45, 2.75) is 26.8 Å². The minimum Gasteiger partial charge on any atom is -0.286 e. The highest BCUT2D eigenvalue weighted by molar-refractivity contribution is 6.42. The number of hydrogen-bond donors (Lipinski definition) is 0. The lowest BCUT2D eigenvalue weighted by atomic mass is 10.3. The van der Waals surface area contributed by atoms with E-state index in [4.69, 9.17) is 11.6 Å². The predicted octanol–water partition coefficient (Wildman–Crippen LogP) is 2.61. The van der Waals surface area contributed by atoms with Gasteiger partial charge in [0.15, 0.2) is 0 Å². The van der Waals surface area contributed by atoms with Gasteiger partial charge in [0.1, 0.15) is 0 Å². The van der Waals surface area contributed by atoms with E-state index in [1.54, 1.807) is 0 Å². The summed E-state index contributed by atoms with van der Waals surface area (Å²) in [7, 11) is 0. The minimum atomic E-state index is 0.306. The summed E-state index contributed by atoms with van der Waals surface area (Å²) in [6, 6.07) is 0.306. The van der Waals surface area contributed by atoms with Crippen LogP contribution in [0.3, 0.4) is 0 Å². The second-order valence-electron chi connectivity index (χ2n) is 2.21. The Bertz CT molecular complexity index is 136. The molecule has 0 aromatic rings. The fourth-order valence-corrected chi connectivity index (χ4v) is 0.506. The molecule has 0 aliphatic carbocycles. The lowest BCUT2D eigenvalue weighted by Gasteiger charge is -1.98. The minimum absolute atomic E-state index is 0.306. The lowest BCUT2D eigenvalue weighted by Crippen LogP contribution is -1.96. The first-order chi connectivity index (χ1) is 4.04. The molecule has 0 N–H and O–H groups in total. The Hall–Kier alpha value is -0.300. The van der Waals surface area contributed by atoms with E-state index in [0.29, 0.717) is 11.1 Å². The molecule has 0 aromatic heterocycles. The Morgan fingerprint density at radius 1 is 1.56 bits per heavy atom. The Balaban J connectivity index is 4.00. The van der Waals surface area contributed by atoms with Gasteiger partial charge in [-0.05, 0) is 20.8 Å². The summed E-state index contributed by atoms with van der Waals surface area (Å²) in [5.74, 6) is 0. The quantitative estimate of drug-likeness (QED) is 0.530. The summed E-state index contributed by atoms with van der Waals surface area (Å²) >= 11 is 5.55. The highest BCUT2D eigenvalue weighted by atomic mass is 35.5. The van der Waals surface area contributed by atoms with E-state index in [-0.39, 0.29) is 0 Å². The summed E-state index contributed by atoms with van der Waals surface area (Å²) in [4.78, 5) is 4.16. The standard InChI is InChI=1S/C7H12ClN/c1-5(2)9-7(4)6(3)8/h5H,3H2,1-2,4H3. The molecule has 0 radical (unpaired) electrons. The number of halogens is 1. The van der Waals surface area contributed by atoms with E-state index < -0.39 is 0 Å². The molecule has 0 bridgehead atoms. The zero-order valence-corrected chi connectivity index (χ0v) is 6.87. The van der Waals surface area contributed by atoms with Crippen LogP contribution < -0.4 is 0 Å². The summed E-state index contributed by atoms with van der Waals surface area (Å²) in [6.07, 6.45) is 0. The first kappa shape index (κ1) is 8.70. The van der Waals surface area contributed by atoms with Crippen molar-refractivity contribution < 1.29 is 0 Å². The maximum absolute atomic E-state index is 5.55. The molecule has 0 spiro atoms. The predicted molar refractivity (Wildman–Crippen MR) is 43.2 cm³/mol. The molecule has 52 valence electrons. The van der Waals surface area contributed by atoms with Gasteiger partial charge in [0.05, 0.1) is 5.03 Å². The molecule has 9 heavy (non-hydrogen) atoms. The fraction of sp³-hybridized carbons (Fsp3) is 0.571. The molecule has 0 atom stereocenters. The molecule has 0 saturated carbocycles. The van der Waals surface area contributed by atoms with Crippen LogP contribution in [-0.2, 0) is 0 Å². The van der Waals surface area contributed by atoms with E-state index in [9.17, 15) is 0 Å². The van der Waals surface area contributed by atoms with E-state index in [0.717, 1.165) is 5.71 Å². The summed E-state index contributed by atoms with van der Waals surface area (Å²) < 4.78 is 0. The fourth-order valence-electron chi connectivity index (χ4n) is 0.457. The van der Waals surface area contributed by atoms with Gasteiger partial charge in [0, 0.05) is 11.8 Å². The van der Waals surface area contributed by atoms with Crippen molar-refractivity contribution in [3.63, 3.8) is 0 Å². The Morgan fingerprint density at radius 3 is 2.11 bits per heavy atom. The second-order valence-corrected chi connectivity index (χ2v) is 2.67. The SMILES string of the molecule is C=C(Cl)C(C)=NC(C)C. The second kappa shape index (κ2) is 3.67. The Labute approximate surface area is 61.4 Å². The van der Waals surface area contributed by atoms with Crippen LogP contribution in [0.25, 0.3) is 0 Å². The molecule has 0 rings (SSSR count). The zero-order chi connectivity index (χ0) is 7.44. The molecule has 0 fully saturated rings. The largest absolute Gasteiger partial charge is 0.286 e. The highest BCUT2D eigenvalue weighted by Gasteiger charge is 1.93. The van der Waals surface area contributed by atoms with Crippen LogP contribution in [0.5, 0.6) is 0 Å². The first-order valence-corrected chi connectivity index (χ1v) is 3.31. The van der Waals surface area contributed by atoms with Gasteiger partial charge in [-0.25, -0.2) is 0 Å². The van der Waals surface area contributed by atoms with Crippen LogP contribution in [-0.4, -0.2) is 11.8 Å². The van der Waals surface area contributed by atoms with E-state index in [1.807, 2.05) is 20.8 Å². The number of hydrogen-bond acceptors (Lipinski definition) is 1. The molecule has 0 saturated heterocycles. The topological polar surface area (TPSA) is 12.4 Å². The van der Waals surface area contributed by atoms with Crippen LogP contribution in [0.1, 0.15) is 20.8 Å². The van der Waals surface area contributed by atoms with Crippen molar-refractivity contribution in [1.82, 2.24) is 0 Å². The molecular formula is C7H12ClN. The molecular weight excluding hydrogens is 134 g/mol. The number of aliphatic imine (C=N–C) groups is 1. The third-order valence-corrected chi connectivity index (χ3v) is 1.12. The van der Waals surface area contributed by atoms with Gasteiger partial charge in [-0.3, -0.25) is 4.99 Å². The molecule has 0 unspecified atom stereocenters. The van der Waals surface area contributed by atoms with Crippen LogP contribution in [0.4, 0.5) is 0 Å². The average Bonchev–Trinajstić information content (AvgIpc) is 1.63. The van der Waals surface area contributed by atoms with Crippen molar-refractivity contribution in [3.8, 4) is 0 Å². The third kappa shape index (κ3) is 4.22. The van der Waals surface area contributed by atoms with Gasteiger partial charge in [-0.15, -0.1) is 0 Å². The molecule has 0 aliphatic heterocycles. The Kier molecular flexibility index (Phi) is 3.55. The third-order valence-electron chi connectivity index (χ3n) is 0.844. The van der Waals surface area contributed by atoms with E-state index >= 15 is 0 Å². The van der Waals surface area contributed by atoms with Gasteiger partial charge in [0.25, 0.3) is 0 Å². The normalized spacial score (nSPS) is 12.3. The number of allylic oxidation sites excluding steroid dienone is 1. The van der Waals surface area contributed by atoms with Crippen molar-refractivity contribution in [3.05, 3.63) is 11.6 Å². The van der Waals surface area contributed by atoms with Gasteiger partial charge in [0.2, 0.25) is 0 Å². The average molecular weight is 146 g/mol.